The van der Waals surface area contributed by atoms with E-state index in [1.165, 1.54) is 28.2 Å². The van der Waals surface area contributed by atoms with Crippen molar-refractivity contribution in [2.24, 2.45) is 5.92 Å². The molecule has 1 aromatic rings. The molecule has 1 unspecified atom stereocenters. The summed E-state index contributed by atoms with van der Waals surface area (Å²) in [6.07, 6.45) is 4.49. The van der Waals surface area contributed by atoms with Crippen LogP contribution in [0, 0.1) is 5.92 Å². The molecule has 0 radical (unpaired) electrons. The molecule has 0 spiro atoms. The van der Waals surface area contributed by atoms with Crippen molar-refractivity contribution in [1.29, 1.82) is 0 Å². The van der Waals surface area contributed by atoms with Gasteiger partial charge in [0.25, 0.3) is 5.91 Å². The minimum Gasteiger partial charge on any atom is -0.480 e. The fourth-order valence-corrected chi connectivity index (χ4v) is 3.88. The van der Waals surface area contributed by atoms with Crippen LogP contribution in [0.5, 0.6) is 0 Å². The molecule has 1 aromatic heterocycles. The fraction of sp³-hybridized carbons (Fsp3) is 0.600. The zero-order valence-corrected chi connectivity index (χ0v) is 12.8. The summed E-state index contributed by atoms with van der Waals surface area (Å²) in [4.78, 5) is 26.5. The van der Waals surface area contributed by atoms with Gasteiger partial charge in [-0.2, -0.15) is 0 Å². The molecule has 4 nitrogen and oxygen atoms in total. The topological polar surface area (TPSA) is 57.6 Å². The van der Waals surface area contributed by atoms with Gasteiger partial charge < -0.3 is 10.0 Å². The quantitative estimate of drug-likeness (QED) is 0.908. The molecule has 1 atom stereocenters. The van der Waals surface area contributed by atoms with Gasteiger partial charge in [-0.3, -0.25) is 9.59 Å². The Balaban J connectivity index is 2.15. The van der Waals surface area contributed by atoms with Crippen LogP contribution in [0.2, 0.25) is 0 Å². The third-order valence-corrected chi connectivity index (χ3v) is 5.19. The first-order valence-corrected chi connectivity index (χ1v) is 7.99. The third-order valence-electron chi connectivity index (χ3n) is 3.97. The number of carbonyl (C=O) groups excluding carboxylic acids is 1. The highest BCUT2D eigenvalue weighted by molar-refractivity contribution is 7.14. The lowest BCUT2D eigenvalue weighted by Crippen LogP contribution is -2.34. The maximum atomic E-state index is 12.4. The van der Waals surface area contributed by atoms with Gasteiger partial charge in [0.05, 0.1) is 4.88 Å². The number of aliphatic carboxylic acids is 1. The van der Waals surface area contributed by atoms with Crippen molar-refractivity contribution in [3.63, 3.8) is 0 Å². The summed E-state index contributed by atoms with van der Waals surface area (Å²) in [5, 5.41) is 8.85. The van der Waals surface area contributed by atoms with Crippen molar-refractivity contribution >= 4 is 23.2 Å². The standard InChI is InChI=1S/C15H21NO3S/c1-3-10-5-6-12-11(7-10)8-13(20-12)15(19)16(4-2)9-14(17)18/h8,10H,3-7,9H2,1-2H3,(H,17,18). The Morgan fingerprint density at radius 1 is 1.45 bits per heavy atom. The SMILES string of the molecule is CCC1CCc2sc(C(=O)N(CC)CC(=O)O)cc2C1. The Morgan fingerprint density at radius 3 is 2.80 bits per heavy atom. The van der Waals surface area contributed by atoms with Crippen LogP contribution in [0.1, 0.15) is 46.8 Å². The summed E-state index contributed by atoms with van der Waals surface area (Å²) in [6, 6.07) is 1.98. The van der Waals surface area contributed by atoms with E-state index in [1.54, 1.807) is 11.3 Å². The molecule has 1 aliphatic rings. The maximum Gasteiger partial charge on any atom is 0.323 e. The predicted molar refractivity (Wildman–Crippen MR) is 79.3 cm³/mol. The molecule has 0 saturated heterocycles. The van der Waals surface area contributed by atoms with Crippen molar-refractivity contribution < 1.29 is 14.7 Å². The summed E-state index contributed by atoms with van der Waals surface area (Å²) >= 11 is 1.54. The van der Waals surface area contributed by atoms with Crippen molar-refractivity contribution in [1.82, 2.24) is 4.90 Å². The number of nitrogens with zero attached hydrogens (tertiary/aromatic N) is 1. The minimum atomic E-state index is -0.965. The average molecular weight is 295 g/mol. The molecule has 1 N–H and O–H groups in total. The number of hydrogen-bond donors (Lipinski definition) is 1. The lowest BCUT2D eigenvalue weighted by atomic mass is 9.87. The Hall–Kier alpha value is -1.36. The Labute approximate surface area is 123 Å². The highest BCUT2D eigenvalue weighted by Crippen LogP contribution is 2.33. The van der Waals surface area contributed by atoms with Crippen LogP contribution in [-0.4, -0.2) is 35.0 Å². The summed E-state index contributed by atoms with van der Waals surface area (Å²) in [6.45, 7) is 4.21. The number of rotatable bonds is 5. The van der Waals surface area contributed by atoms with Gasteiger partial charge in [-0.1, -0.05) is 13.3 Å². The number of fused-ring (bicyclic) bond motifs is 1. The maximum absolute atomic E-state index is 12.4. The second-order valence-electron chi connectivity index (χ2n) is 5.29. The molecule has 0 fully saturated rings. The largest absolute Gasteiger partial charge is 0.480 e. The second kappa shape index (κ2) is 6.39. The number of carboxylic acids is 1. The van der Waals surface area contributed by atoms with Gasteiger partial charge >= 0.3 is 5.97 Å². The number of carbonyl (C=O) groups is 2. The zero-order valence-electron chi connectivity index (χ0n) is 12.0. The van der Waals surface area contributed by atoms with E-state index in [0.29, 0.717) is 11.4 Å². The average Bonchev–Trinajstić information content (AvgIpc) is 2.86. The van der Waals surface area contributed by atoms with E-state index in [-0.39, 0.29) is 12.5 Å². The lowest BCUT2D eigenvalue weighted by molar-refractivity contribution is -0.137. The van der Waals surface area contributed by atoms with E-state index >= 15 is 0 Å². The molecule has 1 amide bonds. The zero-order chi connectivity index (χ0) is 14.7. The molecule has 0 aromatic carbocycles. The summed E-state index contributed by atoms with van der Waals surface area (Å²) in [7, 11) is 0. The van der Waals surface area contributed by atoms with Gasteiger partial charge in [0.2, 0.25) is 0 Å². The van der Waals surface area contributed by atoms with Gasteiger partial charge in [-0.15, -0.1) is 11.3 Å². The first-order chi connectivity index (χ1) is 9.55. The molecule has 20 heavy (non-hydrogen) atoms. The minimum absolute atomic E-state index is 0.151. The molecule has 0 saturated carbocycles. The van der Waals surface area contributed by atoms with Crippen molar-refractivity contribution in [2.45, 2.75) is 39.5 Å². The molecule has 1 heterocycles. The van der Waals surface area contributed by atoms with Crippen LogP contribution < -0.4 is 0 Å². The first-order valence-electron chi connectivity index (χ1n) is 7.17. The Kier molecular flexibility index (Phi) is 4.81. The number of thiophene rings is 1. The monoisotopic (exact) mass is 295 g/mol. The molecule has 0 aliphatic heterocycles. The normalized spacial score (nSPS) is 17.6. The number of likely N-dealkylation sites (N-methyl/N-ethyl adjacent to an activating group) is 1. The van der Waals surface area contributed by atoms with Gasteiger partial charge in [0.15, 0.2) is 0 Å². The highest BCUT2D eigenvalue weighted by Gasteiger charge is 2.24. The smallest absolute Gasteiger partial charge is 0.323 e. The number of aryl methyl sites for hydroxylation is 1. The van der Waals surface area contributed by atoms with E-state index in [0.717, 1.165) is 18.8 Å². The van der Waals surface area contributed by atoms with Crippen LogP contribution in [0.25, 0.3) is 0 Å². The molecular weight excluding hydrogens is 274 g/mol. The van der Waals surface area contributed by atoms with Crippen molar-refractivity contribution in [2.75, 3.05) is 13.1 Å². The lowest BCUT2D eigenvalue weighted by Gasteiger charge is -2.19. The Morgan fingerprint density at radius 2 is 2.20 bits per heavy atom. The summed E-state index contributed by atoms with van der Waals surface area (Å²) in [5.41, 5.74) is 1.29. The molecule has 0 bridgehead atoms. The van der Waals surface area contributed by atoms with E-state index in [2.05, 4.69) is 6.92 Å². The molecule has 1 aliphatic carbocycles. The van der Waals surface area contributed by atoms with E-state index in [1.807, 2.05) is 13.0 Å². The predicted octanol–water partition coefficient (Wildman–Crippen LogP) is 2.81. The van der Waals surface area contributed by atoms with Gasteiger partial charge in [-0.25, -0.2) is 0 Å². The first kappa shape index (κ1) is 15.0. The van der Waals surface area contributed by atoms with E-state index in [9.17, 15) is 9.59 Å². The number of hydrogen-bond acceptors (Lipinski definition) is 3. The molecule has 2 rings (SSSR count). The number of amides is 1. The third kappa shape index (κ3) is 3.20. The molecular formula is C15H21NO3S. The molecule has 5 heteroatoms. The Bertz CT molecular complexity index is 509. The fourth-order valence-electron chi connectivity index (χ4n) is 2.70. The van der Waals surface area contributed by atoms with Gasteiger partial charge in [0.1, 0.15) is 6.54 Å². The summed E-state index contributed by atoms with van der Waals surface area (Å²) in [5.74, 6) is -0.392. The van der Waals surface area contributed by atoms with Gasteiger partial charge in [0, 0.05) is 11.4 Å². The summed E-state index contributed by atoms with van der Waals surface area (Å²) < 4.78 is 0. The van der Waals surface area contributed by atoms with Crippen LogP contribution in [0.3, 0.4) is 0 Å². The second-order valence-corrected chi connectivity index (χ2v) is 6.43. The number of carboxylic acid groups (broad SMARTS) is 1. The van der Waals surface area contributed by atoms with Gasteiger partial charge in [-0.05, 0) is 43.7 Å². The van der Waals surface area contributed by atoms with Crippen molar-refractivity contribution in [3.8, 4) is 0 Å². The van der Waals surface area contributed by atoms with E-state index < -0.39 is 5.97 Å². The molecule has 110 valence electrons. The van der Waals surface area contributed by atoms with Crippen LogP contribution in [0.15, 0.2) is 6.07 Å². The highest BCUT2D eigenvalue weighted by atomic mass is 32.1. The van der Waals surface area contributed by atoms with Crippen LogP contribution >= 0.6 is 11.3 Å². The van der Waals surface area contributed by atoms with Crippen molar-refractivity contribution in [3.05, 3.63) is 21.4 Å². The van der Waals surface area contributed by atoms with Crippen LogP contribution in [-0.2, 0) is 17.6 Å². The van der Waals surface area contributed by atoms with Crippen LogP contribution in [0.4, 0.5) is 0 Å². The van der Waals surface area contributed by atoms with E-state index in [4.69, 9.17) is 5.11 Å².